The van der Waals surface area contributed by atoms with Gasteiger partial charge >= 0.3 is 0 Å². The van der Waals surface area contributed by atoms with Gasteiger partial charge < -0.3 is 5.32 Å². The molecule has 0 spiro atoms. The van der Waals surface area contributed by atoms with E-state index in [1.54, 1.807) is 0 Å². The highest BCUT2D eigenvalue weighted by Gasteiger charge is 2.33. The summed E-state index contributed by atoms with van der Waals surface area (Å²) >= 11 is 0. The second-order valence-corrected chi connectivity index (χ2v) is 4.43. The number of hydrogen-bond acceptors (Lipinski definition) is 3. The van der Waals surface area contributed by atoms with Gasteiger partial charge in [0.25, 0.3) is 0 Å². The zero-order valence-corrected chi connectivity index (χ0v) is 9.54. The number of rotatable bonds is 3. The number of carbonyl (C=O) groups excluding carboxylic acids is 1. The quantitative estimate of drug-likeness (QED) is 0.742. The average Bonchev–Trinajstić information content (AvgIpc) is 2.63. The number of carbonyl (C=O) groups is 1. The van der Waals surface area contributed by atoms with Crippen LogP contribution in [0.5, 0.6) is 0 Å². The minimum Gasteiger partial charge on any atom is -0.315 e. The zero-order valence-electron chi connectivity index (χ0n) is 9.54. The molecule has 0 bridgehead atoms. The first kappa shape index (κ1) is 10.9. The van der Waals surface area contributed by atoms with E-state index >= 15 is 0 Å². The molecule has 2 heterocycles. The molecule has 2 saturated heterocycles. The van der Waals surface area contributed by atoms with Crippen molar-refractivity contribution in [2.24, 2.45) is 0 Å². The van der Waals surface area contributed by atoms with Gasteiger partial charge in [0, 0.05) is 32.1 Å². The molecule has 1 unspecified atom stereocenters. The van der Waals surface area contributed by atoms with Gasteiger partial charge in [-0.2, -0.15) is 0 Å². The van der Waals surface area contributed by atoms with Crippen LogP contribution in [0, 0.1) is 0 Å². The molecule has 1 amide bonds. The molecule has 0 aliphatic carbocycles. The molecule has 0 saturated carbocycles. The van der Waals surface area contributed by atoms with Crippen molar-refractivity contribution in [3.63, 3.8) is 0 Å². The fourth-order valence-electron chi connectivity index (χ4n) is 2.54. The van der Waals surface area contributed by atoms with Gasteiger partial charge in [0.05, 0.1) is 0 Å². The molecule has 0 aromatic carbocycles. The van der Waals surface area contributed by atoms with Crippen molar-refractivity contribution in [3.05, 3.63) is 0 Å². The predicted octanol–water partition coefficient (Wildman–Crippen LogP) is 0.598. The Morgan fingerprint density at radius 2 is 2.40 bits per heavy atom. The minimum absolute atomic E-state index is 0.308. The largest absolute Gasteiger partial charge is 0.315 e. The van der Waals surface area contributed by atoms with Gasteiger partial charge in [0.1, 0.15) is 0 Å². The van der Waals surface area contributed by atoms with Crippen molar-refractivity contribution < 1.29 is 4.79 Å². The summed E-state index contributed by atoms with van der Waals surface area (Å²) in [7, 11) is 0. The lowest BCUT2D eigenvalue weighted by atomic mass is 10.1. The number of hydrogen-bond donors (Lipinski definition) is 1. The third kappa shape index (κ3) is 2.32. The van der Waals surface area contributed by atoms with Crippen LogP contribution in [0.1, 0.15) is 32.6 Å². The van der Waals surface area contributed by atoms with Crippen LogP contribution in [0.15, 0.2) is 0 Å². The smallest absolute Gasteiger partial charge is 0.238 e. The van der Waals surface area contributed by atoms with Crippen LogP contribution in [0.2, 0.25) is 0 Å². The van der Waals surface area contributed by atoms with E-state index < -0.39 is 0 Å². The summed E-state index contributed by atoms with van der Waals surface area (Å²) in [4.78, 5) is 11.7. The molecule has 86 valence electrons. The van der Waals surface area contributed by atoms with E-state index in [1.807, 2.05) is 5.01 Å². The van der Waals surface area contributed by atoms with Crippen molar-refractivity contribution in [1.82, 2.24) is 15.3 Å². The van der Waals surface area contributed by atoms with Crippen LogP contribution in [-0.2, 0) is 4.79 Å². The molecular formula is C11H21N3O. The summed E-state index contributed by atoms with van der Waals surface area (Å²) < 4.78 is 0. The molecule has 1 N–H and O–H groups in total. The molecule has 0 radical (unpaired) electrons. The zero-order chi connectivity index (χ0) is 10.7. The molecule has 2 aliphatic rings. The van der Waals surface area contributed by atoms with Crippen LogP contribution in [0.3, 0.4) is 0 Å². The second-order valence-electron chi connectivity index (χ2n) is 4.43. The monoisotopic (exact) mass is 211 g/mol. The molecular weight excluding hydrogens is 190 g/mol. The lowest BCUT2D eigenvalue weighted by Gasteiger charge is -2.37. The Hall–Kier alpha value is -0.610. The summed E-state index contributed by atoms with van der Waals surface area (Å²) in [6, 6.07) is 0.539. The van der Waals surface area contributed by atoms with Crippen molar-refractivity contribution in [2.75, 3.05) is 26.2 Å². The highest BCUT2D eigenvalue weighted by molar-refractivity contribution is 5.77. The standard InChI is InChI=1S/C11H21N3O/c1-2-7-14-11(15)5-8-13(14)10-4-3-6-12-9-10/h10,12H,2-9H2,1H3. The maximum Gasteiger partial charge on any atom is 0.238 e. The fraction of sp³-hybridized carbons (Fsp3) is 0.909. The van der Waals surface area contributed by atoms with Crippen molar-refractivity contribution in [3.8, 4) is 0 Å². The van der Waals surface area contributed by atoms with Crippen LogP contribution >= 0.6 is 0 Å². The lowest BCUT2D eigenvalue weighted by molar-refractivity contribution is -0.141. The number of piperidine rings is 1. The Balaban J connectivity index is 1.97. The highest BCUT2D eigenvalue weighted by atomic mass is 16.2. The Labute approximate surface area is 91.6 Å². The highest BCUT2D eigenvalue weighted by Crippen LogP contribution is 2.20. The topological polar surface area (TPSA) is 35.6 Å². The number of amides is 1. The lowest BCUT2D eigenvalue weighted by Crippen LogP contribution is -2.51. The van der Waals surface area contributed by atoms with Gasteiger partial charge in [0.15, 0.2) is 0 Å². The van der Waals surface area contributed by atoms with Crippen LogP contribution in [0.4, 0.5) is 0 Å². The maximum atomic E-state index is 11.7. The third-order valence-corrected chi connectivity index (χ3v) is 3.28. The van der Waals surface area contributed by atoms with Crippen molar-refractivity contribution in [1.29, 1.82) is 0 Å². The average molecular weight is 211 g/mol. The van der Waals surface area contributed by atoms with Gasteiger partial charge in [-0.15, -0.1) is 0 Å². The van der Waals surface area contributed by atoms with E-state index in [0.29, 0.717) is 18.4 Å². The molecule has 4 nitrogen and oxygen atoms in total. The summed E-state index contributed by atoms with van der Waals surface area (Å²) in [5, 5.41) is 7.67. The van der Waals surface area contributed by atoms with Gasteiger partial charge in [-0.25, -0.2) is 5.01 Å². The van der Waals surface area contributed by atoms with E-state index in [9.17, 15) is 4.79 Å². The normalized spacial score (nSPS) is 28.7. The predicted molar refractivity (Wildman–Crippen MR) is 59.2 cm³/mol. The van der Waals surface area contributed by atoms with Gasteiger partial charge in [-0.3, -0.25) is 9.80 Å². The third-order valence-electron chi connectivity index (χ3n) is 3.28. The van der Waals surface area contributed by atoms with E-state index in [-0.39, 0.29) is 0 Å². The Kier molecular flexibility index (Phi) is 3.59. The van der Waals surface area contributed by atoms with Gasteiger partial charge in [-0.1, -0.05) is 6.92 Å². The Morgan fingerprint density at radius 1 is 1.53 bits per heavy atom. The van der Waals surface area contributed by atoms with Gasteiger partial charge in [-0.05, 0) is 25.8 Å². The van der Waals surface area contributed by atoms with Crippen molar-refractivity contribution in [2.45, 2.75) is 38.6 Å². The summed E-state index contributed by atoms with van der Waals surface area (Å²) in [6.07, 6.45) is 4.20. The molecule has 2 aliphatic heterocycles. The minimum atomic E-state index is 0.308. The first-order chi connectivity index (χ1) is 7.33. The number of nitrogens with one attached hydrogen (secondary N) is 1. The fourth-order valence-corrected chi connectivity index (χ4v) is 2.54. The number of nitrogens with zero attached hydrogens (tertiary/aromatic N) is 2. The molecule has 1 atom stereocenters. The second kappa shape index (κ2) is 4.94. The molecule has 0 aromatic heterocycles. The Morgan fingerprint density at radius 3 is 3.07 bits per heavy atom. The molecule has 2 rings (SSSR count). The SMILES string of the molecule is CCCN1C(=O)CCN1C1CCCNC1. The van der Waals surface area contributed by atoms with E-state index in [1.165, 1.54) is 12.8 Å². The van der Waals surface area contributed by atoms with Crippen LogP contribution in [0.25, 0.3) is 0 Å². The molecule has 0 aromatic rings. The van der Waals surface area contributed by atoms with Crippen molar-refractivity contribution >= 4 is 5.91 Å². The van der Waals surface area contributed by atoms with E-state index in [4.69, 9.17) is 0 Å². The van der Waals surface area contributed by atoms with E-state index in [0.717, 1.165) is 32.6 Å². The molecule has 15 heavy (non-hydrogen) atoms. The summed E-state index contributed by atoms with van der Waals surface area (Å²) in [5.41, 5.74) is 0. The molecule has 4 heteroatoms. The maximum absolute atomic E-state index is 11.7. The first-order valence-corrected chi connectivity index (χ1v) is 6.10. The summed E-state index contributed by atoms with van der Waals surface area (Å²) in [6.45, 7) is 6.10. The number of hydrazine groups is 1. The van der Waals surface area contributed by atoms with Gasteiger partial charge in [0.2, 0.25) is 5.91 Å². The van der Waals surface area contributed by atoms with E-state index in [2.05, 4.69) is 17.2 Å². The summed E-state index contributed by atoms with van der Waals surface area (Å²) in [5.74, 6) is 0.308. The Bertz CT molecular complexity index is 226. The van der Waals surface area contributed by atoms with Crippen LogP contribution in [-0.4, -0.2) is 48.1 Å². The van der Waals surface area contributed by atoms with Crippen LogP contribution < -0.4 is 5.32 Å². The molecule has 2 fully saturated rings. The first-order valence-electron chi connectivity index (χ1n) is 6.10.